The third kappa shape index (κ3) is 81.0. The van der Waals surface area contributed by atoms with Crippen LogP contribution in [-0.2, 0) is 109 Å². The lowest BCUT2D eigenvalue weighted by molar-refractivity contribution is -0.0319. The summed E-state index contributed by atoms with van der Waals surface area (Å²) in [6, 6.07) is 0. The Bertz CT molecular complexity index is 1030. The van der Waals surface area contributed by atoms with Gasteiger partial charge in [0.15, 0.2) is 0 Å². The third-order valence-electron chi connectivity index (χ3n) is 11.6. The van der Waals surface area contributed by atoms with Crippen molar-refractivity contribution in [2.75, 3.05) is 311 Å². The van der Waals surface area contributed by atoms with Gasteiger partial charge >= 0.3 is 0 Å². The van der Waals surface area contributed by atoms with Crippen molar-refractivity contribution in [3.8, 4) is 0 Å². The summed E-state index contributed by atoms with van der Waals surface area (Å²) in [7, 11) is 0. The van der Waals surface area contributed by atoms with E-state index in [0.717, 1.165) is 13.0 Å². The van der Waals surface area contributed by atoms with Gasteiger partial charge in [0, 0.05) is 6.61 Å². The standard InChI is InChI=1S/C60H122O24/c1-2-3-4-5-6-7-8-9-10-11-12-13-15-62-17-19-64-21-23-66-25-27-68-29-31-70-33-35-72-37-39-74-41-43-76-45-47-78-49-51-80-53-55-82-57-59-84-60-58-83-56-54-81-52-50-79-48-46-77-44-42-75-40-38-73-36-34-71-32-30-69-28-26-67-24-22-65-20-18-63-16-14-61/h61H,2-60H2,1H3. The average Bonchev–Trinajstić information content (AvgIpc) is 3.50. The fourth-order valence-corrected chi connectivity index (χ4v) is 7.05. The molecule has 0 bridgehead atoms. The highest BCUT2D eigenvalue weighted by atomic mass is 16.6. The molecule has 84 heavy (non-hydrogen) atoms. The van der Waals surface area contributed by atoms with Gasteiger partial charge in [-0.15, -0.1) is 0 Å². The monoisotopic (exact) mass is 1230 g/mol. The van der Waals surface area contributed by atoms with Crippen LogP contribution in [0.3, 0.4) is 0 Å². The van der Waals surface area contributed by atoms with Crippen LogP contribution in [0, 0.1) is 0 Å². The predicted molar refractivity (Wildman–Crippen MR) is 317 cm³/mol. The van der Waals surface area contributed by atoms with Crippen LogP contribution in [0.15, 0.2) is 0 Å². The predicted octanol–water partition coefficient (Wildman–Crippen LogP) is 5.06. The fourth-order valence-electron chi connectivity index (χ4n) is 7.05. The normalized spacial score (nSPS) is 11.8. The summed E-state index contributed by atoms with van der Waals surface area (Å²) >= 11 is 0. The molecule has 0 aromatic carbocycles. The lowest BCUT2D eigenvalue weighted by Crippen LogP contribution is -2.16. The van der Waals surface area contributed by atoms with Crippen molar-refractivity contribution in [3.05, 3.63) is 0 Å². The van der Waals surface area contributed by atoms with Crippen molar-refractivity contribution in [3.63, 3.8) is 0 Å². The van der Waals surface area contributed by atoms with Gasteiger partial charge in [-0.2, -0.15) is 0 Å². The summed E-state index contributed by atoms with van der Waals surface area (Å²) in [5.74, 6) is 0. The van der Waals surface area contributed by atoms with Crippen molar-refractivity contribution >= 4 is 0 Å². The zero-order valence-corrected chi connectivity index (χ0v) is 52.6. The largest absolute Gasteiger partial charge is 0.394 e. The van der Waals surface area contributed by atoms with E-state index in [2.05, 4.69) is 6.92 Å². The zero-order chi connectivity index (χ0) is 60.0. The molecule has 0 aliphatic heterocycles. The number of unbranched alkanes of at least 4 members (excludes halogenated alkanes) is 11. The number of rotatable bonds is 81. The van der Waals surface area contributed by atoms with Gasteiger partial charge in [0.25, 0.3) is 0 Å². The quantitative estimate of drug-likeness (QED) is 0.0784. The molecule has 0 aromatic rings. The number of hydrogen-bond donors (Lipinski definition) is 1. The molecule has 0 aliphatic rings. The van der Waals surface area contributed by atoms with E-state index < -0.39 is 0 Å². The van der Waals surface area contributed by atoms with Crippen molar-refractivity contribution in [1.29, 1.82) is 0 Å². The molecule has 0 aliphatic carbocycles. The third-order valence-corrected chi connectivity index (χ3v) is 11.6. The summed E-state index contributed by atoms with van der Waals surface area (Å²) in [5.41, 5.74) is 0. The van der Waals surface area contributed by atoms with E-state index in [-0.39, 0.29) is 6.61 Å². The van der Waals surface area contributed by atoms with Gasteiger partial charge in [0.1, 0.15) is 0 Å². The molecule has 0 saturated heterocycles. The highest BCUT2D eigenvalue weighted by molar-refractivity contribution is 4.49. The second-order valence-electron chi connectivity index (χ2n) is 18.7. The molecule has 506 valence electrons. The molecule has 0 amide bonds. The van der Waals surface area contributed by atoms with Crippen molar-refractivity contribution in [2.45, 2.75) is 84.0 Å². The molecule has 0 heterocycles. The highest BCUT2D eigenvalue weighted by Gasteiger charge is 2.01. The topological polar surface area (TPSA) is 233 Å². The smallest absolute Gasteiger partial charge is 0.0701 e. The molecule has 0 fully saturated rings. The van der Waals surface area contributed by atoms with Crippen molar-refractivity contribution in [1.82, 2.24) is 0 Å². The molecule has 0 radical (unpaired) electrons. The first kappa shape index (κ1) is 83.0. The van der Waals surface area contributed by atoms with Crippen LogP contribution in [0.4, 0.5) is 0 Å². The average molecular weight is 1230 g/mol. The molecule has 0 atom stereocenters. The van der Waals surface area contributed by atoms with Gasteiger partial charge in [-0.05, 0) is 6.42 Å². The van der Waals surface area contributed by atoms with E-state index in [1.54, 1.807) is 0 Å². The molecule has 0 unspecified atom stereocenters. The Morgan fingerprint density at radius 2 is 0.238 bits per heavy atom. The van der Waals surface area contributed by atoms with E-state index in [1.165, 1.54) is 70.6 Å². The molecule has 0 aromatic heterocycles. The van der Waals surface area contributed by atoms with E-state index in [1.807, 2.05) is 0 Å². The second-order valence-corrected chi connectivity index (χ2v) is 18.7. The first-order valence-electron chi connectivity index (χ1n) is 31.8. The van der Waals surface area contributed by atoms with Crippen molar-refractivity contribution in [2.24, 2.45) is 0 Å². The second kappa shape index (κ2) is 82.0. The Kier molecular flexibility index (Phi) is 81.1. The minimum Gasteiger partial charge on any atom is -0.394 e. The Hall–Kier alpha value is -0.960. The van der Waals surface area contributed by atoms with Gasteiger partial charge < -0.3 is 114 Å². The van der Waals surface area contributed by atoms with Crippen LogP contribution in [0.5, 0.6) is 0 Å². The molecule has 1 N–H and O–H groups in total. The lowest BCUT2D eigenvalue weighted by Gasteiger charge is -2.09. The molecular formula is C60H122O24. The van der Waals surface area contributed by atoms with Gasteiger partial charge in [-0.1, -0.05) is 77.6 Å². The van der Waals surface area contributed by atoms with Crippen molar-refractivity contribution < 1.29 is 114 Å². The molecule has 24 nitrogen and oxygen atoms in total. The Morgan fingerprint density at radius 1 is 0.131 bits per heavy atom. The minimum atomic E-state index is 0.0188. The summed E-state index contributed by atoms with van der Waals surface area (Å²) < 4.78 is 127. The van der Waals surface area contributed by atoms with E-state index in [9.17, 15) is 0 Å². The number of aliphatic hydroxyl groups is 1. The van der Waals surface area contributed by atoms with Crippen LogP contribution >= 0.6 is 0 Å². The van der Waals surface area contributed by atoms with Gasteiger partial charge in [-0.25, -0.2) is 0 Å². The molecule has 0 rings (SSSR count). The maximum absolute atomic E-state index is 8.61. The lowest BCUT2D eigenvalue weighted by atomic mass is 10.1. The summed E-state index contributed by atoms with van der Waals surface area (Å²) in [6.07, 6.45) is 16.2. The van der Waals surface area contributed by atoms with E-state index in [4.69, 9.17) is 114 Å². The van der Waals surface area contributed by atoms with E-state index in [0.29, 0.717) is 297 Å². The number of ether oxygens (including phenoxy) is 23. The van der Waals surface area contributed by atoms with Crippen LogP contribution in [0.2, 0.25) is 0 Å². The van der Waals surface area contributed by atoms with Gasteiger partial charge in [-0.3, -0.25) is 0 Å². The zero-order valence-electron chi connectivity index (χ0n) is 52.6. The SMILES string of the molecule is CCCCCCCCCCCCCCOCCOCCOCCOCCOCCOCCOCCOCCOCCOCCOCCOCCOCCOCCOCCOCCOCCOCCOCCOCCOCCOCCOCCO. The first-order valence-corrected chi connectivity index (χ1v) is 31.8. The Morgan fingerprint density at radius 3 is 0.369 bits per heavy atom. The van der Waals surface area contributed by atoms with Crippen LogP contribution in [0.25, 0.3) is 0 Å². The molecule has 0 spiro atoms. The summed E-state index contributed by atoms with van der Waals surface area (Å²) in [4.78, 5) is 0. The van der Waals surface area contributed by atoms with Gasteiger partial charge in [0.05, 0.1) is 304 Å². The van der Waals surface area contributed by atoms with Crippen LogP contribution < -0.4 is 0 Å². The van der Waals surface area contributed by atoms with Crippen LogP contribution in [0.1, 0.15) is 84.0 Å². The molecule has 0 saturated carbocycles. The fraction of sp³-hybridized carbons (Fsp3) is 1.00. The maximum Gasteiger partial charge on any atom is 0.0701 e. The number of aliphatic hydroxyl groups excluding tert-OH is 1. The first-order chi connectivity index (χ1) is 41.9. The highest BCUT2D eigenvalue weighted by Crippen LogP contribution is 2.12. The Labute approximate surface area is 507 Å². The molecule has 24 heteroatoms. The maximum atomic E-state index is 8.61. The van der Waals surface area contributed by atoms with Gasteiger partial charge in [0.2, 0.25) is 0 Å². The summed E-state index contributed by atoms with van der Waals surface area (Å²) in [5, 5.41) is 8.61. The summed E-state index contributed by atoms with van der Waals surface area (Å²) in [6.45, 7) is 25.6. The van der Waals surface area contributed by atoms with E-state index >= 15 is 0 Å². The Balaban J connectivity index is 3.08. The van der Waals surface area contributed by atoms with Crippen LogP contribution in [-0.4, -0.2) is 316 Å². The number of hydrogen-bond acceptors (Lipinski definition) is 24. The molecular weight excluding hydrogens is 1100 g/mol. The minimum absolute atomic E-state index is 0.0188.